The van der Waals surface area contributed by atoms with E-state index in [0.717, 1.165) is 5.82 Å². The van der Waals surface area contributed by atoms with Gasteiger partial charge >= 0.3 is 0 Å². The molecule has 0 radical (unpaired) electrons. The Labute approximate surface area is 86.9 Å². The van der Waals surface area contributed by atoms with Gasteiger partial charge in [0.2, 0.25) is 0 Å². The predicted molar refractivity (Wildman–Crippen MR) is 54.0 cm³/mol. The van der Waals surface area contributed by atoms with Crippen LogP contribution in [0.1, 0.15) is 12.0 Å². The summed E-state index contributed by atoms with van der Waals surface area (Å²) in [7, 11) is 3.68. The monoisotopic (exact) mass is 213 g/mol. The second kappa shape index (κ2) is 2.88. The molecule has 0 spiro atoms. The molecule has 1 saturated carbocycles. The van der Waals surface area contributed by atoms with Crippen molar-refractivity contribution in [2.75, 3.05) is 19.0 Å². The van der Waals surface area contributed by atoms with E-state index < -0.39 is 11.5 Å². The number of nitrogens with zero attached hydrogens (tertiary/aromatic N) is 2. The zero-order valence-electron chi connectivity index (χ0n) is 8.67. The molecular formula is C10H13F2N3. The maximum Gasteiger partial charge on any atom is 0.272 e. The number of alkyl halides is 2. The summed E-state index contributed by atoms with van der Waals surface area (Å²) in [5.41, 5.74) is 4.47. The molecule has 2 N–H and O–H groups in total. The Morgan fingerprint density at radius 1 is 1.40 bits per heavy atom. The van der Waals surface area contributed by atoms with Crippen molar-refractivity contribution >= 4 is 5.82 Å². The van der Waals surface area contributed by atoms with Crippen molar-refractivity contribution < 1.29 is 8.78 Å². The van der Waals surface area contributed by atoms with E-state index in [1.165, 1.54) is 6.20 Å². The van der Waals surface area contributed by atoms with Crippen LogP contribution in [0.4, 0.5) is 14.6 Å². The number of rotatable bonds is 2. The Kier molecular flexibility index (Phi) is 1.98. The number of hydrogen-bond donors (Lipinski definition) is 1. The van der Waals surface area contributed by atoms with Crippen molar-refractivity contribution in [1.82, 2.24) is 4.98 Å². The summed E-state index contributed by atoms with van der Waals surface area (Å²) in [5, 5.41) is 0. The van der Waals surface area contributed by atoms with Gasteiger partial charge in [0.05, 0.1) is 0 Å². The largest absolute Gasteiger partial charge is 0.363 e. The third-order valence-corrected chi connectivity index (χ3v) is 2.75. The summed E-state index contributed by atoms with van der Waals surface area (Å²) in [6.45, 7) is 0. The maximum absolute atomic E-state index is 13.0. The van der Waals surface area contributed by atoms with Gasteiger partial charge in [0.1, 0.15) is 11.4 Å². The Hall–Kier alpha value is -1.23. The molecule has 1 aliphatic carbocycles. The average molecular weight is 213 g/mol. The Bertz CT molecular complexity index is 375. The molecule has 1 unspecified atom stereocenters. The van der Waals surface area contributed by atoms with Crippen LogP contribution in [0.25, 0.3) is 0 Å². The van der Waals surface area contributed by atoms with Crippen LogP contribution in [0.15, 0.2) is 18.3 Å². The highest BCUT2D eigenvalue weighted by molar-refractivity contribution is 5.42. The Morgan fingerprint density at radius 3 is 2.33 bits per heavy atom. The molecule has 0 saturated heterocycles. The van der Waals surface area contributed by atoms with E-state index in [1.807, 2.05) is 14.1 Å². The van der Waals surface area contributed by atoms with Crippen molar-refractivity contribution in [2.24, 2.45) is 5.73 Å². The van der Waals surface area contributed by atoms with Crippen LogP contribution in [0.5, 0.6) is 0 Å². The number of hydrogen-bond acceptors (Lipinski definition) is 3. The van der Waals surface area contributed by atoms with Crippen LogP contribution in [0, 0.1) is 0 Å². The second-order valence-corrected chi connectivity index (χ2v) is 4.15. The molecule has 1 atom stereocenters. The van der Waals surface area contributed by atoms with Crippen molar-refractivity contribution in [3.8, 4) is 0 Å². The summed E-state index contributed by atoms with van der Waals surface area (Å²) in [6, 6.07) is 3.31. The van der Waals surface area contributed by atoms with Gasteiger partial charge in [0.25, 0.3) is 5.92 Å². The van der Waals surface area contributed by atoms with E-state index in [4.69, 9.17) is 5.73 Å². The molecule has 3 nitrogen and oxygen atoms in total. The standard InChI is InChI=1S/C10H13F2N3/c1-15(2)8-4-3-7(5-14-8)9(13)6-10(9,11)12/h3-5H,6,13H2,1-2H3. The molecule has 82 valence electrons. The summed E-state index contributed by atoms with van der Waals surface area (Å²) < 4.78 is 25.9. The molecule has 15 heavy (non-hydrogen) atoms. The molecule has 0 amide bonds. The fourth-order valence-electron chi connectivity index (χ4n) is 1.53. The lowest BCUT2D eigenvalue weighted by Gasteiger charge is -2.14. The smallest absolute Gasteiger partial charge is 0.272 e. The lowest BCUT2D eigenvalue weighted by Crippen LogP contribution is -2.27. The molecule has 0 aromatic carbocycles. The number of anilines is 1. The predicted octanol–water partition coefficient (Wildman–Crippen LogP) is 1.34. The Balaban J connectivity index is 2.26. The molecule has 1 aromatic heterocycles. The van der Waals surface area contributed by atoms with Crippen molar-refractivity contribution in [2.45, 2.75) is 17.9 Å². The quantitative estimate of drug-likeness (QED) is 0.806. The van der Waals surface area contributed by atoms with E-state index in [9.17, 15) is 8.78 Å². The van der Waals surface area contributed by atoms with Gasteiger partial charge in [-0.05, 0) is 11.6 Å². The van der Waals surface area contributed by atoms with Gasteiger partial charge in [-0.1, -0.05) is 6.07 Å². The number of pyridine rings is 1. The minimum atomic E-state index is -2.78. The third kappa shape index (κ3) is 1.47. The minimum absolute atomic E-state index is 0.289. The van der Waals surface area contributed by atoms with Gasteiger partial charge in [0, 0.05) is 26.7 Å². The first kappa shape index (κ1) is 10.3. The number of aromatic nitrogens is 1. The molecule has 1 aromatic rings. The van der Waals surface area contributed by atoms with E-state index in [-0.39, 0.29) is 6.42 Å². The normalized spacial score (nSPS) is 27.5. The van der Waals surface area contributed by atoms with Crippen molar-refractivity contribution in [1.29, 1.82) is 0 Å². The zero-order chi connectivity index (χ0) is 11.3. The highest BCUT2D eigenvalue weighted by Gasteiger charge is 2.70. The van der Waals surface area contributed by atoms with Crippen LogP contribution in [0.3, 0.4) is 0 Å². The van der Waals surface area contributed by atoms with Crippen molar-refractivity contribution in [3.63, 3.8) is 0 Å². The number of nitrogens with two attached hydrogens (primary N) is 1. The average Bonchev–Trinajstić information content (AvgIpc) is 2.67. The summed E-state index contributed by atoms with van der Waals surface area (Å²) in [6.07, 6.45) is 1.14. The second-order valence-electron chi connectivity index (χ2n) is 4.15. The number of halogens is 2. The molecule has 1 fully saturated rings. The third-order valence-electron chi connectivity index (χ3n) is 2.75. The van der Waals surface area contributed by atoms with E-state index in [1.54, 1.807) is 17.0 Å². The maximum atomic E-state index is 13.0. The lowest BCUT2D eigenvalue weighted by atomic mass is 10.1. The first-order valence-electron chi connectivity index (χ1n) is 4.67. The SMILES string of the molecule is CN(C)c1ccc(C2(N)CC2(F)F)cn1. The highest BCUT2D eigenvalue weighted by atomic mass is 19.3. The summed E-state index contributed by atoms with van der Waals surface area (Å²) >= 11 is 0. The lowest BCUT2D eigenvalue weighted by molar-refractivity contribution is 0.0890. The van der Waals surface area contributed by atoms with Crippen LogP contribution >= 0.6 is 0 Å². The van der Waals surface area contributed by atoms with Gasteiger partial charge < -0.3 is 10.6 Å². The van der Waals surface area contributed by atoms with Gasteiger partial charge in [0.15, 0.2) is 0 Å². The van der Waals surface area contributed by atoms with Crippen LogP contribution in [0.2, 0.25) is 0 Å². The molecule has 1 aliphatic rings. The van der Waals surface area contributed by atoms with Gasteiger partial charge in [-0.25, -0.2) is 13.8 Å². The van der Waals surface area contributed by atoms with E-state index >= 15 is 0 Å². The topological polar surface area (TPSA) is 42.1 Å². The highest BCUT2D eigenvalue weighted by Crippen LogP contribution is 2.57. The van der Waals surface area contributed by atoms with Gasteiger partial charge in [-0.3, -0.25) is 0 Å². The zero-order valence-corrected chi connectivity index (χ0v) is 8.67. The summed E-state index contributed by atoms with van der Waals surface area (Å²) in [5.74, 6) is -2.06. The first-order valence-corrected chi connectivity index (χ1v) is 4.67. The molecule has 2 rings (SSSR count). The fourth-order valence-corrected chi connectivity index (χ4v) is 1.53. The van der Waals surface area contributed by atoms with Crippen molar-refractivity contribution in [3.05, 3.63) is 23.9 Å². The van der Waals surface area contributed by atoms with Crippen LogP contribution in [-0.2, 0) is 5.54 Å². The Morgan fingerprint density at radius 2 is 2.00 bits per heavy atom. The molecular weight excluding hydrogens is 200 g/mol. The van der Waals surface area contributed by atoms with E-state index in [0.29, 0.717) is 5.56 Å². The molecule has 0 aliphatic heterocycles. The minimum Gasteiger partial charge on any atom is -0.363 e. The fraction of sp³-hybridized carbons (Fsp3) is 0.500. The van der Waals surface area contributed by atoms with Gasteiger partial charge in [-0.15, -0.1) is 0 Å². The molecule has 5 heteroatoms. The first-order chi connectivity index (χ1) is 6.87. The van der Waals surface area contributed by atoms with Crippen LogP contribution in [-0.4, -0.2) is 25.0 Å². The molecule has 1 heterocycles. The van der Waals surface area contributed by atoms with E-state index in [2.05, 4.69) is 4.98 Å². The van der Waals surface area contributed by atoms with Crippen LogP contribution < -0.4 is 10.6 Å². The summed E-state index contributed by atoms with van der Waals surface area (Å²) in [4.78, 5) is 5.87. The molecule has 0 bridgehead atoms. The van der Waals surface area contributed by atoms with Gasteiger partial charge in [-0.2, -0.15) is 0 Å².